The third-order valence-electron chi connectivity index (χ3n) is 2.11. The summed E-state index contributed by atoms with van der Waals surface area (Å²) in [5.74, 6) is 0.562. The molecule has 0 saturated heterocycles. The Morgan fingerprint density at radius 1 is 1.00 bits per heavy atom. The van der Waals surface area contributed by atoms with E-state index in [-0.39, 0.29) is 18.4 Å². The van der Waals surface area contributed by atoms with Crippen molar-refractivity contribution in [2.45, 2.75) is 32.7 Å². The maximum absolute atomic E-state index is 5.85. The SMILES string of the molecule is CC(C)c1ccccc1C(C)N.Cl. The molecule has 0 aliphatic rings. The summed E-state index contributed by atoms with van der Waals surface area (Å²) in [7, 11) is 0. The van der Waals surface area contributed by atoms with Crippen LogP contribution in [0, 0.1) is 0 Å². The van der Waals surface area contributed by atoms with Crippen LogP contribution in [0.4, 0.5) is 0 Å². The number of hydrogen-bond donors (Lipinski definition) is 1. The first-order chi connectivity index (χ1) is 5.63. The van der Waals surface area contributed by atoms with Crippen molar-refractivity contribution >= 4 is 12.4 Å². The summed E-state index contributed by atoms with van der Waals surface area (Å²) in [5, 5.41) is 0. The van der Waals surface area contributed by atoms with Crippen LogP contribution in [0.25, 0.3) is 0 Å². The van der Waals surface area contributed by atoms with E-state index in [2.05, 4.69) is 32.0 Å². The largest absolute Gasteiger partial charge is 0.324 e. The number of halogens is 1. The first-order valence-electron chi connectivity index (χ1n) is 4.47. The van der Waals surface area contributed by atoms with E-state index >= 15 is 0 Å². The Hall–Kier alpha value is -0.530. The Morgan fingerprint density at radius 3 is 1.77 bits per heavy atom. The van der Waals surface area contributed by atoms with Crippen molar-refractivity contribution < 1.29 is 0 Å². The minimum Gasteiger partial charge on any atom is -0.324 e. The molecule has 0 radical (unpaired) electrons. The lowest BCUT2D eigenvalue weighted by atomic mass is 9.94. The number of benzene rings is 1. The lowest BCUT2D eigenvalue weighted by Gasteiger charge is -2.14. The van der Waals surface area contributed by atoms with Crippen LogP contribution < -0.4 is 5.73 Å². The molecule has 0 spiro atoms. The molecule has 1 rings (SSSR count). The molecule has 1 unspecified atom stereocenters. The molecule has 2 heteroatoms. The van der Waals surface area contributed by atoms with E-state index in [0.29, 0.717) is 5.92 Å². The van der Waals surface area contributed by atoms with Gasteiger partial charge in [-0.1, -0.05) is 38.1 Å². The van der Waals surface area contributed by atoms with Gasteiger partial charge in [0.15, 0.2) is 0 Å². The zero-order valence-corrected chi connectivity index (χ0v) is 9.27. The second-order valence-electron chi connectivity index (χ2n) is 3.57. The van der Waals surface area contributed by atoms with Crippen LogP contribution in [-0.4, -0.2) is 0 Å². The summed E-state index contributed by atoms with van der Waals surface area (Å²) in [4.78, 5) is 0. The van der Waals surface area contributed by atoms with Gasteiger partial charge in [0.05, 0.1) is 0 Å². The average Bonchev–Trinajstić information content (AvgIpc) is 2.04. The van der Waals surface area contributed by atoms with Crippen LogP contribution in [0.15, 0.2) is 24.3 Å². The van der Waals surface area contributed by atoms with Gasteiger partial charge in [-0.3, -0.25) is 0 Å². The van der Waals surface area contributed by atoms with Gasteiger partial charge in [0.2, 0.25) is 0 Å². The van der Waals surface area contributed by atoms with E-state index in [9.17, 15) is 0 Å². The molecule has 0 aliphatic carbocycles. The van der Waals surface area contributed by atoms with Gasteiger partial charge < -0.3 is 5.73 Å². The normalized spacial score (nSPS) is 12.4. The maximum Gasteiger partial charge on any atom is 0.0268 e. The van der Waals surface area contributed by atoms with Crippen molar-refractivity contribution in [1.29, 1.82) is 0 Å². The third-order valence-corrected chi connectivity index (χ3v) is 2.11. The monoisotopic (exact) mass is 199 g/mol. The Kier molecular flexibility index (Phi) is 5.04. The highest BCUT2D eigenvalue weighted by molar-refractivity contribution is 5.85. The fraction of sp³-hybridized carbons (Fsp3) is 0.455. The van der Waals surface area contributed by atoms with Crippen LogP contribution in [0.2, 0.25) is 0 Å². The summed E-state index contributed by atoms with van der Waals surface area (Å²) in [6, 6.07) is 8.53. The quantitative estimate of drug-likeness (QED) is 0.778. The Bertz CT molecular complexity index is 229. The molecule has 0 saturated carbocycles. The van der Waals surface area contributed by atoms with Crippen LogP contribution >= 0.6 is 12.4 Å². The van der Waals surface area contributed by atoms with E-state index in [1.807, 2.05) is 13.0 Å². The van der Waals surface area contributed by atoms with Crippen LogP contribution in [0.5, 0.6) is 0 Å². The average molecular weight is 200 g/mol. The molecule has 0 aliphatic heterocycles. The molecule has 0 amide bonds. The third kappa shape index (κ3) is 3.02. The molecule has 1 aromatic carbocycles. The smallest absolute Gasteiger partial charge is 0.0268 e. The van der Waals surface area contributed by atoms with Gasteiger partial charge in [0.1, 0.15) is 0 Å². The summed E-state index contributed by atoms with van der Waals surface area (Å²) >= 11 is 0. The van der Waals surface area contributed by atoms with E-state index in [0.717, 1.165) is 0 Å². The van der Waals surface area contributed by atoms with Crippen molar-refractivity contribution in [2.75, 3.05) is 0 Å². The molecule has 1 nitrogen and oxygen atoms in total. The van der Waals surface area contributed by atoms with Crippen molar-refractivity contribution in [2.24, 2.45) is 5.73 Å². The molecule has 0 aromatic heterocycles. The van der Waals surface area contributed by atoms with Crippen LogP contribution in [0.1, 0.15) is 43.9 Å². The molecular weight excluding hydrogens is 182 g/mol. The first kappa shape index (κ1) is 12.5. The number of hydrogen-bond acceptors (Lipinski definition) is 1. The molecule has 2 N–H and O–H groups in total. The highest BCUT2D eigenvalue weighted by atomic mass is 35.5. The fourth-order valence-corrected chi connectivity index (χ4v) is 1.45. The minimum atomic E-state index is 0. The lowest BCUT2D eigenvalue weighted by Crippen LogP contribution is -2.08. The van der Waals surface area contributed by atoms with Crippen molar-refractivity contribution in [3.05, 3.63) is 35.4 Å². The fourth-order valence-electron chi connectivity index (χ4n) is 1.45. The van der Waals surface area contributed by atoms with Gasteiger partial charge in [0, 0.05) is 6.04 Å². The molecule has 13 heavy (non-hydrogen) atoms. The molecule has 1 atom stereocenters. The van der Waals surface area contributed by atoms with E-state index < -0.39 is 0 Å². The van der Waals surface area contributed by atoms with Crippen LogP contribution in [-0.2, 0) is 0 Å². The minimum absolute atomic E-state index is 0. The zero-order chi connectivity index (χ0) is 9.14. The van der Waals surface area contributed by atoms with Gasteiger partial charge in [-0.05, 0) is 24.0 Å². The topological polar surface area (TPSA) is 26.0 Å². The summed E-state index contributed by atoms with van der Waals surface area (Å²) < 4.78 is 0. The molecular formula is C11H18ClN. The molecule has 0 fully saturated rings. The van der Waals surface area contributed by atoms with E-state index in [1.165, 1.54) is 11.1 Å². The summed E-state index contributed by atoms with van der Waals surface area (Å²) in [6.07, 6.45) is 0. The van der Waals surface area contributed by atoms with Gasteiger partial charge in [0.25, 0.3) is 0 Å². The van der Waals surface area contributed by atoms with Crippen molar-refractivity contribution in [1.82, 2.24) is 0 Å². The second-order valence-corrected chi connectivity index (χ2v) is 3.57. The van der Waals surface area contributed by atoms with Crippen molar-refractivity contribution in [3.63, 3.8) is 0 Å². The number of rotatable bonds is 2. The molecule has 0 bridgehead atoms. The van der Waals surface area contributed by atoms with Crippen LogP contribution in [0.3, 0.4) is 0 Å². The maximum atomic E-state index is 5.85. The lowest BCUT2D eigenvalue weighted by molar-refractivity contribution is 0.765. The molecule has 1 aromatic rings. The van der Waals surface area contributed by atoms with Gasteiger partial charge in [-0.15, -0.1) is 12.4 Å². The Morgan fingerprint density at radius 2 is 1.46 bits per heavy atom. The zero-order valence-electron chi connectivity index (χ0n) is 8.45. The van der Waals surface area contributed by atoms with Gasteiger partial charge in [-0.25, -0.2) is 0 Å². The molecule has 74 valence electrons. The van der Waals surface area contributed by atoms with Gasteiger partial charge >= 0.3 is 0 Å². The Labute approximate surface area is 86.7 Å². The first-order valence-corrected chi connectivity index (χ1v) is 4.47. The van der Waals surface area contributed by atoms with E-state index in [1.54, 1.807) is 0 Å². The van der Waals surface area contributed by atoms with Gasteiger partial charge in [-0.2, -0.15) is 0 Å². The highest BCUT2D eigenvalue weighted by Crippen LogP contribution is 2.22. The summed E-state index contributed by atoms with van der Waals surface area (Å²) in [6.45, 7) is 6.42. The van der Waals surface area contributed by atoms with E-state index in [4.69, 9.17) is 5.73 Å². The predicted octanol–water partition coefficient (Wildman–Crippen LogP) is 3.25. The predicted molar refractivity (Wildman–Crippen MR) is 60.4 cm³/mol. The van der Waals surface area contributed by atoms with Crippen molar-refractivity contribution in [3.8, 4) is 0 Å². The molecule has 0 heterocycles. The second kappa shape index (κ2) is 5.25. The standard InChI is InChI=1S/C11H17N.ClH/c1-8(2)10-6-4-5-7-11(10)9(3)12;/h4-9H,12H2,1-3H3;1H. The number of nitrogens with two attached hydrogens (primary N) is 1. The summed E-state index contributed by atoms with van der Waals surface area (Å²) in [5.41, 5.74) is 8.49. The Balaban J connectivity index is 0.00000144. The highest BCUT2D eigenvalue weighted by Gasteiger charge is 2.07.